The molecule has 0 spiro atoms. The molecule has 10 heteroatoms. The van der Waals surface area contributed by atoms with E-state index in [2.05, 4.69) is 59.5 Å². The van der Waals surface area contributed by atoms with Crippen molar-refractivity contribution in [3.8, 4) is 11.4 Å². The maximum atomic E-state index is 6.22. The molecule has 2 atom stereocenters. The zero-order valence-corrected chi connectivity index (χ0v) is 24.6. The van der Waals surface area contributed by atoms with Gasteiger partial charge in [-0.3, -0.25) is 4.98 Å². The summed E-state index contributed by atoms with van der Waals surface area (Å²) < 4.78 is 22.3. The van der Waals surface area contributed by atoms with Gasteiger partial charge in [-0.2, -0.15) is 5.10 Å². The van der Waals surface area contributed by atoms with E-state index in [0.717, 1.165) is 84.1 Å². The molecule has 9 nitrogen and oxygen atoms in total. The van der Waals surface area contributed by atoms with Gasteiger partial charge in [0, 0.05) is 57.2 Å². The normalized spacial score (nSPS) is 20.8. The fourth-order valence-electron chi connectivity index (χ4n) is 5.62. The molecule has 0 saturated carbocycles. The number of pyridine rings is 2. The Morgan fingerprint density at radius 1 is 1.08 bits per heavy atom. The molecule has 2 saturated heterocycles. The largest absolute Gasteiger partial charge is 0.377 e. The highest BCUT2D eigenvalue weighted by molar-refractivity contribution is 6.76. The fraction of sp³-hybridized carbons (Fsp3) is 0.552. The number of hydrogen-bond acceptors (Lipinski definition) is 7. The van der Waals surface area contributed by atoms with Crippen LogP contribution in [0.25, 0.3) is 33.2 Å². The third kappa shape index (κ3) is 5.35. The maximum absolute atomic E-state index is 6.22. The first kappa shape index (κ1) is 26.4. The lowest BCUT2D eigenvalue weighted by atomic mass is 10.1. The maximum Gasteiger partial charge on any atom is 0.150 e. The Morgan fingerprint density at radius 2 is 1.97 bits per heavy atom. The van der Waals surface area contributed by atoms with E-state index >= 15 is 0 Å². The summed E-state index contributed by atoms with van der Waals surface area (Å²) in [5, 5.41) is 6.86. The van der Waals surface area contributed by atoms with Crippen molar-refractivity contribution in [2.45, 2.75) is 70.9 Å². The van der Waals surface area contributed by atoms with Gasteiger partial charge in [0.25, 0.3) is 0 Å². The molecule has 2 aliphatic rings. The summed E-state index contributed by atoms with van der Waals surface area (Å²) in [6, 6.07) is 7.66. The molecule has 6 heterocycles. The van der Waals surface area contributed by atoms with Crippen molar-refractivity contribution in [1.82, 2.24) is 24.3 Å². The lowest BCUT2D eigenvalue weighted by molar-refractivity contribution is -0.0383. The van der Waals surface area contributed by atoms with Gasteiger partial charge in [0.2, 0.25) is 0 Å². The average molecular weight is 549 g/mol. The first-order valence-electron chi connectivity index (χ1n) is 14.3. The van der Waals surface area contributed by atoms with Crippen LogP contribution in [-0.2, 0) is 20.9 Å². The number of morpholine rings is 1. The molecule has 2 fully saturated rings. The summed E-state index contributed by atoms with van der Waals surface area (Å²) in [7, 11) is -1.16. The van der Waals surface area contributed by atoms with Gasteiger partial charge in [0.1, 0.15) is 23.8 Å². The van der Waals surface area contributed by atoms with Crippen LogP contribution in [-0.4, -0.2) is 71.4 Å². The standard InChI is InChI=1S/C29H40N6O3Si/c1-21-19-36-16-14-34(21)29-23-10-13-33(20-37-17-18-39(2,3)4)28(23)22-8-11-30-27(26(22)32-29)24-9-12-31-35(24)25-7-5-6-15-38-25/h8-13,21,25H,5-7,14-20H2,1-4H3/t21-,25?/m1/s1. The van der Waals surface area contributed by atoms with E-state index in [4.69, 9.17) is 24.2 Å². The first-order chi connectivity index (χ1) is 18.9. The van der Waals surface area contributed by atoms with E-state index in [-0.39, 0.29) is 12.3 Å². The zero-order valence-electron chi connectivity index (χ0n) is 23.6. The summed E-state index contributed by atoms with van der Waals surface area (Å²) in [5.74, 6) is 0.975. The highest BCUT2D eigenvalue weighted by atomic mass is 28.3. The van der Waals surface area contributed by atoms with Gasteiger partial charge in [-0.15, -0.1) is 0 Å². The molecule has 4 aromatic rings. The van der Waals surface area contributed by atoms with Gasteiger partial charge < -0.3 is 23.7 Å². The molecule has 208 valence electrons. The van der Waals surface area contributed by atoms with Crippen LogP contribution in [0.3, 0.4) is 0 Å². The number of fused-ring (bicyclic) bond motifs is 3. The molecular weight excluding hydrogens is 508 g/mol. The van der Waals surface area contributed by atoms with Crippen molar-refractivity contribution in [2.24, 2.45) is 0 Å². The molecule has 4 aromatic heterocycles. The molecular formula is C29H40N6O3Si. The molecule has 2 aliphatic heterocycles. The van der Waals surface area contributed by atoms with Crippen molar-refractivity contribution in [2.75, 3.05) is 37.9 Å². The highest BCUT2D eigenvalue weighted by Crippen LogP contribution is 2.38. The Kier molecular flexibility index (Phi) is 7.45. The van der Waals surface area contributed by atoms with Crippen LogP contribution < -0.4 is 4.90 Å². The lowest BCUT2D eigenvalue weighted by Gasteiger charge is -2.35. The van der Waals surface area contributed by atoms with Gasteiger partial charge in [-0.25, -0.2) is 9.67 Å². The lowest BCUT2D eigenvalue weighted by Crippen LogP contribution is -2.44. The first-order valence-corrected chi connectivity index (χ1v) is 18.0. The minimum Gasteiger partial charge on any atom is -0.377 e. The molecule has 0 N–H and O–H groups in total. The van der Waals surface area contributed by atoms with E-state index in [1.165, 1.54) is 0 Å². The molecule has 0 amide bonds. The van der Waals surface area contributed by atoms with Gasteiger partial charge in [-0.1, -0.05) is 19.6 Å². The van der Waals surface area contributed by atoms with Gasteiger partial charge in [0.15, 0.2) is 6.23 Å². The molecule has 0 aliphatic carbocycles. The van der Waals surface area contributed by atoms with E-state index in [1.807, 2.05) is 23.1 Å². The monoisotopic (exact) mass is 548 g/mol. The number of anilines is 1. The van der Waals surface area contributed by atoms with E-state index in [1.54, 1.807) is 0 Å². The number of ether oxygens (including phenoxy) is 3. The summed E-state index contributed by atoms with van der Waals surface area (Å²) in [5.41, 5.74) is 3.77. The molecule has 0 bridgehead atoms. The van der Waals surface area contributed by atoms with Crippen LogP contribution >= 0.6 is 0 Å². The quantitative estimate of drug-likeness (QED) is 0.207. The number of rotatable bonds is 8. The van der Waals surface area contributed by atoms with Crippen LogP contribution in [0.2, 0.25) is 25.7 Å². The van der Waals surface area contributed by atoms with Gasteiger partial charge >= 0.3 is 0 Å². The topological polar surface area (TPSA) is 79.5 Å². The summed E-state index contributed by atoms with van der Waals surface area (Å²) in [6.45, 7) is 13.6. The van der Waals surface area contributed by atoms with Crippen molar-refractivity contribution >= 4 is 35.7 Å². The second-order valence-corrected chi connectivity index (χ2v) is 17.6. The number of hydrogen-bond donors (Lipinski definition) is 0. The molecule has 39 heavy (non-hydrogen) atoms. The Labute approximate surface area is 231 Å². The third-order valence-electron chi connectivity index (χ3n) is 7.81. The summed E-state index contributed by atoms with van der Waals surface area (Å²) in [6.07, 6.45) is 8.96. The van der Waals surface area contributed by atoms with Crippen LogP contribution in [0.4, 0.5) is 5.82 Å². The van der Waals surface area contributed by atoms with Crippen LogP contribution in [0.15, 0.2) is 36.8 Å². The van der Waals surface area contributed by atoms with E-state index < -0.39 is 8.07 Å². The van der Waals surface area contributed by atoms with E-state index in [9.17, 15) is 0 Å². The average Bonchev–Trinajstić information content (AvgIpc) is 3.59. The van der Waals surface area contributed by atoms with Crippen molar-refractivity contribution in [3.05, 3.63) is 36.8 Å². The predicted molar refractivity (Wildman–Crippen MR) is 157 cm³/mol. The number of nitrogens with zero attached hydrogens (tertiary/aromatic N) is 6. The predicted octanol–water partition coefficient (Wildman–Crippen LogP) is 5.68. The Balaban J connectivity index is 1.48. The molecule has 0 aromatic carbocycles. The molecule has 0 radical (unpaired) electrons. The summed E-state index contributed by atoms with van der Waals surface area (Å²) >= 11 is 0. The van der Waals surface area contributed by atoms with Gasteiger partial charge in [0.05, 0.1) is 30.5 Å². The molecule has 6 rings (SSSR count). The van der Waals surface area contributed by atoms with Crippen molar-refractivity contribution < 1.29 is 14.2 Å². The minimum absolute atomic E-state index is 0.0769. The second-order valence-electron chi connectivity index (χ2n) is 12.0. The molecule has 1 unspecified atom stereocenters. The zero-order chi connectivity index (χ0) is 27.0. The SMILES string of the molecule is C[C@@H]1COCCN1c1nc2c(-c3ccnn3C3CCCCO3)nccc2c2c1ccn2COCC[Si](C)(C)C. The highest BCUT2D eigenvalue weighted by Gasteiger charge is 2.27. The Morgan fingerprint density at radius 3 is 2.77 bits per heavy atom. The fourth-order valence-corrected chi connectivity index (χ4v) is 6.38. The third-order valence-corrected chi connectivity index (χ3v) is 9.51. The van der Waals surface area contributed by atoms with Crippen LogP contribution in [0.5, 0.6) is 0 Å². The van der Waals surface area contributed by atoms with Crippen LogP contribution in [0, 0.1) is 0 Å². The number of aromatic nitrogens is 5. The van der Waals surface area contributed by atoms with Gasteiger partial charge in [-0.05, 0) is 50.4 Å². The Bertz CT molecular complexity index is 1440. The van der Waals surface area contributed by atoms with E-state index in [0.29, 0.717) is 19.9 Å². The van der Waals surface area contributed by atoms with Crippen LogP contribution in [0.1, 0.15) is 32.4 Å². The van der Waals surface area contributed by atoms with Crippen molar-refractivity contribution in [3.63, 3.8) is 0 Å². The Hall–Kier alpha value is -2.79. The minimum atomic E-state index is -1.16. The second kappa shape index (κ2) is 11.0. The van der Waals surface area contributed by atoms with Crippen molar-refractivity contribution in [1.29, 1.82) is 0 Å². The smallest absolute Gasteiger partial charge is 0.150 e. The summed E-state index contributed by atoms with van der Waals surface area (Å²) in [4.78, 5) is 12.6.